The molecule has 0 unspecified atom stereocenters. The molecular formula is C20H27N5O2. The number of carbonyl (C=O) groups excluding carboxylic acids is 1. The van der Waals surface area contributed by atoms with Gasteiger partial charge < -0.3 is 19.4 Å². The summed E-state index contributed by atoms with van der Waals surface area (Å²) in [7, 11) is 1.66. The molecule has 1 fully saturated rings. The summed E-state index contributed by atoms with van der Waals surface area (Å²) in [5.41, 5.74) is 1.61. The number of amides is 1. The highest BCUT2D eigenvalue weighted by Crippen LogP contribution is 2.21. The average Bonchev–Trinajstić information content (AvgIpc) is 2.74. The summed E-state index contributed by atoms with van der Waals surface area (Å²) >= 11 is 0. The molecule has 1 aromatic heterocycles. The molecule has 2 aromatic rings. The quantitative estimate of drug-likeness (QED) is 0.779. The van der Waals surface area contributed by atoms with Gasteiger partial charge in [0, 0.05) is 51.0 Å². The fourth-order valence-electron chi connectivity index (χ4n) is 3.31. The molecule has 0 radical (unpaired) electrons. The van der Waals surface area contributed by atoms with Crippen LogP contribution >= 0.6 is 0 Å². The largest absolute Gasteiger partial charge is 0.497 e. The van der Waals surface area contributed by atoms with Crippen molar-refractivity contribution in [2.24, 2.45) is 0 Å². The molecule has 7 heteroatoms. The Bertz CT molecular complexity index is 753. The number of methoxy groups -OCH3 is 1. The van der Waals surface area contributed by atoms with Gasteiger partial charge in [0.05, 0.1) is 7.11 Å². The first-order chi connectivity index (χ1) is 13.2. The van der Waals surface area contributed by atoms with Crippen LogP contribution in [0.25, 0.3) is 0 Å². The molecular weight excluding hydrogens is 342 g/mol. The summed E-state index contributed by atoms with van der Waals surface area (Å²) in [5, 5.41) is 0. The van der Waals surface area contributed by atoms with Gasteiger partial charge in [-0.15, -0.1) is 0 Å². The van der Waals surface area contributed by atoms with Gasteiger partial charge in [0.15, 0.2) is 0 Å². The smallest absolute Gasteiger partial charge is 0.272 e. The predicted octanol–water partition coefficient (Wildman–Crippen LogP) is 2.29. The van der Waals surface area contributed by atoms with Crippen molar-refractivity contribution in [2.75, 3.05) is 56.2 Å². The fourth-order valence-corrected chi connectivity index (χ4v) is 3.31. The van der Waals surface area contributed by atoms with Gasteiger partial charge in [0.25, 0.3) is 5.91 Å². The number of carbonyl (C=O) groups is 1. The van der Waals surface area contributed by atoms with Crippen molar-refractivity contribution in [1.82, 2.24) is 14.9 Å². The Labute approximate surface area is 160 Å². The van der Waals surface area contributed by atoms with Gasteiger partial charge in [-0.3, -0.25) is 4.79 Å². The van der Waals surface area contributed by atoms with Crippen molar-refractivity contribution < 1.29 is 9.53 Å². The molecule has 1 saturated heterocycles. The number of hydrogen-bond acceptors (Lipinski definition) is 6. The van der Waals surface area contributed by atoms with E-state index >= 15 is 0 Å². The molecule has 7 nitrogen and oxygen atoms in total. The molecule has 0 N–H and O–H groups in total. The Balaban J connectivity index is 1.63. The standard InChI is InChI=1S/C20H27N5O2/c1-4-23(5-2)19-14-18(21-15-22-19)20(26)25-12-10-24(11-13-25)16-6-8-17(27-3)9-7-16/h6-9,14-15H,4-5,10-13H2,1-3H3. The number of anilines is 2. The highest BCUT2D eigenvalue weighted by atomic mass is 16.5. The van der Waals surface area contributed by atoms with Crippen molar-refractivity contribution in [3.8, 4) is 5.75 Å². The Morgan fingerprint density at radius 3 is 2.33 bits per heavy atom. The normalized spacial score (nSPS) is 14.2. The number of rotatable bonds is 6. The van der Waals surface area contributed by atoms with E-state index < -0.39 is 0 Å². The van der Waals surface area contributed by atoms with Crippen LogP contribution in [-0.4, -0.2) is 67.2 Å². The summed E-state index contributed by atoms with van der Waals surface area (Å²) in [6, 6.07) is 9.82. The second kappa shape index (κ2) is 8.70. The number of hydrogen-bond donors (Lipinski definition) is 0. The van der Waals surface area contributed by atoms with E-state index in [1.807, 2.05) is 17.0 Å². The van der Waals surface area contributed by atoms with E-state index in [1.54, 1.807) is 13.2 Å². The molecule has 144 valence electrons. The maximum Gasteiger partial charge on any atom is 0.272 e. The zero-order chi connectivity index (χ0) is 19.2. The van der Waals surface area contributed by atoms with Gasteiger partial charge in [-0.2, -0.15) is 0 Å². The fraction of sp³-hybridized carbons (Fsp3) is 0.450. The van der Waals surface area contributed by atoms with Crippen LogP contribution < -0.4 is 14.5 Å². The number of benzene rings is 1. The van der Waals surface area contributed by atoms with E-state index in [2.05, 4.69) is 45.7 Å². The molecule has 0 saturated carbocycles. The number of piperazine rings is 1. The van der Waals surface area contributed by atoms with Crippen LogP contribution in [0.2, 0.25) is 0 Å². The van der Waals surface area contributed by atoms with Gasteiger partial charge in [0.2, 0.25) is 0 Å². The zero-order valence-corrected chi connectivity index (χ0v) is 16.3. The molecule has 1 aliphatic heterocycles. The van der Waals surface area contributed by atoms with E-state index in [-0.39, 0.29) is 5.91 Å². The lowest BCUT2D eigenvalue weighted by Gasteiger charge is -2.36. The molecule has 0 bridgehead atoms. The first-order valence-corrected chi connectivity index (χ1v) is 9.41. The van der Waals surface area contributed by atoms with Crippen LogP contribution in [0.3, 0.4) is 0 Å². The van der Waals surface area contributed by atoms with Gasteiger partial charge in [-0.05, 0) is 38.1 Å². The minimum atomic E-state index is -0.0276. The Morgan fingerprint density at radius 1 is 1.07 bits per heavy atom. The van der Waals surface area contributed by atoms with Crippen molar-refractivity contribution in [1.29, 1.82) is 0 Å². The van der Waals surface area contributed by atoms with Gasteiger partial charge in [-0.25, -0.2) is 9.97 Å². The second-order valence-electron chi connectivity index (χ2n) is 6.41. The average molecular weight is 369 g/mol. The second-order valence-corrected chi connectivity index (χ2v) is 6.41. The van der Waals surface area contributed by atoms with Gasteiger partial charge in [0.1, 0.15) is 23.6 Å². The van der Waals surface area contributed by atoms with E-state index in [9.17, 15) is 4.79 Å². The minimum absolute atomic E-state index is 0.0276. The van der Waals surface area contributed by atoms with Crippen LogP contribution in [0.4, 0.5) is 11.5 Å². The highest BCUT2D eigenvalue weighted by molar-refractivity contribution is 5.93. The first kappa shape index (κ1) is 18.9. The van der Waals surface area contributed by atoms with Crippen LogP contribution in [-0.2, 0) is 0 Å². The van der Waals surface area contributed by atoms with Gasteiger partial charge >= 0.3 is 0 Å². The topological polar surface area (TPSA) is 61.8 Å². The van der Waals surface area contributed by atoms with E-state index in [0.717, 1.165) is 43.4 Å². The third kappa shape index (κ3) is 4.30. The van der Waals surface area contributed by atoms with E-state index in [0.29, 0.717) is 18.8 Å². The third-order valence-corrected chi connectivity index (χ3v) is 4.96. The Morgan fingerprint density at radius 2 is 1.74 bits per heavy atom. The summed E-state index contributed by atoms with van der Waals surface area (Å²) in [6.07, 6.45) is 1.48. The molecule has 0 spiro atoms. The van der Waals surface area contributed by atoms with Crippen molar-refractivity contribution in [3.05, 3.63) is 42.4 Å². The van der Waals surface area contributed by atoms with Crippen LogP contribution in [0, 0.1) is 0 Å². The number of nitrogens with zero attached hydrogens (tertiary/aromatic N) is 5. The Hall–Kier alpha value is -2.83. The van der Waals surface area contributed by atoms with E-state index in [1.165, 1.54) is 6.33 Å². The summed E-state index contributed by atoms with van der Waals surface area (Å²) < 4.78 is 5.21. The lowest BCUT2D eigenvalue weighted by Crippen LogP contribution is -2.49. The zero-order valence-electron chi connectivity index (χ0n) is 16.3. The molecule has 1 aromatic carbocycles. The van der Waals surface area contributed by atoms with Crippen LogP contribution in [0.15, 0.2) is 36.7 Å². The lowest BCUT2D eigenvalue weighted by molar-refractivity contribution is 0.0740. The maximum absolute atomic E-state index is 12.9. The highest BCUT2D eigenvalue weighted by Gasteiger charge is 2.24. The molecule has 0 atom stereocenters. The van der Waals surface area contributed by atoms with Crippen molar-refractivity contribution in [2.45, 2.75) is 13.8 Å². The minimum Gasteiger partial charge on any atom is -0.497 e. The van der Waals surface area contributed by atoms with Crippen molar-refractivity contribution in [3.63, 3.8) is 0 Å². The molecule has 1 amide bonds. The number of ether oxygens (including phenoxy) is 1. The monoisotopic (exact) mass is 369 g/mol. The SMILES string of the molecule is CCN(CC)c1cc(C(=O)N2CCN(c3ccc(OC)cc3)CC2)ncn1. The molecule has 27 heavy (non-hydrogen) atoms. The third-order valence-electron chi connectivity index (χ3n) is 4.96. The van der Waals surface area contributed by atoms with Crippen molar-refractivity contribution >= 4 is 17.4 Å². The Kier molecular flexibility index (Phi) is 6.11. The lowest BCUT2D eigenvalue weighted by atomic mass is 10.2. The van der Waals surface area contributed by atoms with Crippen LogP contribution in [0.5, 0.6) is 5.75 Å². The molecule has 1 aliphatic rings. The summed E-state index contributed by atoms with van der Waals surface area (Å²) in [4.78, 5) is 27.6. The molecule has 3 rings (SSSR count). The maximum atomic E-state index is 12.9. The molecule has 2 heterocycles. The number of aromatic nitrogens is 2. The summed E-state index contributed by atoms with van der Waals surface area (Å²) in [6.45, 7) is 8.80. The first-order valence-electron chi connectivity index (χ1n) is 9.41. The van der Waals surface area contributed by atoms with E-state index in [4.69, 9.17) is 4.74 Å². The summed E-state index contributed by atoms with van der Waals surface area (Å²) in [5.74, 6) is 1.62. The molecule has 0 aliphatic carbocycles. The van der Waals surface area contributed by atoms with Gasteiger partial charge in [-0.1, -0.05) is 0 Å². The van der Waals surface area contributed by atoms with Crippen LogP contribution in [0.1, 0.15) is 24.3 Å². The predicted molar refractivity (Wildman–Crippen MR) is 107 cm³/mol.